The van der Waals surface area contributed by atoms with Crippen molar-refractivity contribution < 1.29 is 19.1 Å². The van der Waals surface area contributed by atoms with Crippen molar-refractivity contribution in [2.24, 2.45) is 0 Å². The summed E-state index contributed by atoms with van der Waals surface area (Å²) in [7, 11) is 3.00. The first-order chi connectivity index (χ1) is 11.4. The molecule has 0 unspecified atom stereocenters. The topological polar surface area (TPSA) is 66.9 Å². The number of carbonyl (C=O) groups excluding carboxylic acids is 3. The zero-order valence-corrected chi connectivity index (χ0v) is 15.1. The molecule has 3 atom stereocenters. The fourth-order valence-corrected chi connectivity index (χ4v) is 3.48. The molecule has 130 valence electrons. The van der Waals surface area contributed by atoms with E-state index in [1.807, 2.05) is 37.3 Å². The van der Waals surface area contributed by atoms with Crippen LogP contribution >= 0.6 is 11.8 Å². The quantitative estimate of drug-likeness (QED) is 0.763. The van der Waals surface area contributed by atoms with Crippen molar-refractivity contribution in [3.63, 3.8) is 0 Å². The van der Waals surface area contributed by atoms with Gasteiger partial charge in [0.25, 0.3) is 0 Å². The van der Waals surface area contributed by atoms with E-state index in [4.69, 9.17) is 0 Å². The van der Waals surface area contributed by atoms with Gasteiger partial charge < -0.3 is 9.64 Å². The highest BCUT2D eigenvalue weighted by Gasteiger charge is 2.46. The van der Waals surface area contributed by atoms with Crippen molar-refractivity contribution in [3.8, 4) is 0 Å². The minimum atomic E-state index is -0.516. The summed E-state index contributed by atoms with van der Waals surface area (Å²) in [4.78, 5) is 39.6. The monoisotopic (exact) mass is 350 g/mol. The van der Waals surface area contributed by atoms with Crippen molar-refractivity contribution in [2.45, 2.75) is 31.2 Å². The number of likely N-dealkylation sites (N-methyl/N-ethyl adjacent to an activating group) is 1. The van der Waals surface area contributed by atoms with E-state index in [0.29, 0.717) is 0 Å². The smallest absolute Gasteiger partial charge is 0.327 e. The molecule has 0 aromatic heterocycles. The number of nitrogens with zero attached hydrogens (tertiary/aromatic N) is 2. The molecule has 1 aliphatic rings. The second kappa shape index (κ2) is 7.70. The summed E-state index contributed by atoms with van der Waals surface area (Å²) >= 11 is 1.17. The summed E-state index contributed by atoms with van der Waals surface area (Å²) in [5.41, 5.74) is 0.918. The highest BCUT2D eigenvalue weighted by atomic mass is 32.2. The standard InChI is InChI=1S/C17H22N2O4S/c1-11-15(13-8-6-5-7-9-13)19(17(22)18(11)3)16(21)12(2)24-10-14(20)23-4/h5-9,11-12,15H,10H2,1-4H3/t11-,12+,15-/m0/s1. The van der Waals surface area contributed by atoms with Crippen molar-refractivity contribution in [2.75, 3.05) is 19.9 Å². The number of thioether (sulfide) groups is 1. The third kappa shape index (κ3) is 3.56. The van der Waals surface area contributed by atoms with Crippen molar-refractivity contribution in [3.05, 3.63) is 35.9 Å². The average molecular weight is 350 g/mol. The molecule has 0 saturated carbocycles. The number of esters is 1. The van der Waals surface area contributed by atoms with Crippen LogP contribution in [0.3, 0.4) is 0 Å². The maximum Gasteiger partial charge on any atom is 0.327 e. The van der Waals surface area contributed by atoms with Crippen LogP contribution in [-0.2, 0) is 14.3 Å². The summed E-state index contributed by atoms with van der Waals surface area (Å²) in [6.45, 7) is 3.63. The van der Waals surface area contributed by atoms with Crippen LogP contribution in [0.2, 0.25) is 0 Å². The molecule has 1 fully saturated rings. The third-order valence-corrected chi connectivity index (χ3v) is 5.36. The van der Waals surface area contributed by atoms with E-state index < -0.39 is 11.2 Å². The van der Waals surface area contributed by atoms with Crippen LogP contribution in [0.4, 0.5) is 4.79 Å². The molecule has 3 amide bonds. The fraction of sp³-hybridized carbons (Fsp3) is 0.471. The van der Waals surface area contributed by atoms with E-state index >= 15 is 0 Å². The average Bonchev–Trinajstić information content (AvgIpc) is 2.83. The second-order valence-corrected chi connectivity index (χ2v) is 7.06. The Bertz CT molecular complexity index is 622. The Hall–Kier alpha value is -2.02. The predicted octanol–water partition coefficient (Wildman–Crippen LogP) is 2.30. The molecule has 1 saturated heterocycles. The maximum atomic E-state index is 12.8. The maximum absolute atomic E-state index is 12.8. The Morgan fingerprint density at radius 1 is 1.29 bits per heavy atom. The number of rotatable bonds is 5. The summed E-state index contributed by atoms with van der Waals surface area (Å²) in [6, 6.07) is 8.74. The van der Waals surface area contributed by atoms with Gasteiger partial charge in [-0.3, -0.25) is 14.5 Å². The van der Waals surface area contributed by atoms with Crippen LogP contribution in [0.5, 0.6) is 0 Å². The molecule has 1 aromatic rings. The largest absolute Gasteiger partial charge is 0.468 e. The van der Waals surface area contributed by atoms with E-state index in [1.165, 1.54) is 23.8 Å². The normalized spacial score (nSPS) is 21.8. The first-order valence-electron chi connectivity index (χ1n) is 7.71. The van der Waals surface area contributed by atoms with Crippen LogP contribution < -0.4 is 0 Å². The van der Waals surface area contributed by atoms with E-state index in [2.05, 4.69) is 4.74 Å². The molecule has 0 N–H and O–H groups in total. The van der Waals surface area contributed by atoms with Crippen LogP contribution in [-0.4, -0.2) is 58.9 Å². The van der Waals surface area contributed by atoms with Crippen LogP contribution in [0, 0.1) is 0 Å². The Labute approximate surface area is 146 Å². The van der Waals surface area contributed by atoms with Crippen LogP contribution in [0.15, 0.2) is 30.3 Å². The molecule has 1 aromatic carbocycles. The molecule has 24 heavy (non-hydrogen) atoms. The lowest BCUT2D eigenvalue weighted by Crippen LogP contribution is -2.41. The number of urea groups is 1. The molecular weight excluding hydrogens is 328 g/mol. The lowest BCUT2D eigenvalue weighted by atomic mass is 10.0. The van der Waals surface area contributed by atoms with Crippen molar-refractivity contribution in [1.29, 1.82) is 0 Å². The minimum Gasteiger partial charge on any atom is -0.468 e. The van der Waals surface area contributed by atoms with Gasteiger partial charge >= 0.3 is 12.0 Å². The van der Waals surface area contributed by atoms with Gasteiger partial charge in [-0.1, -0.05) is 30.3 Å². The lowest BCUT2D eigenvalue weighted by molar-refractivity contribution is -0.137. The summed E-state index contributed by atoms with van der Waals surface area (Å²) in [5.74, 6) is -0.608. The Balaban J connectivity index is 2.22. The Kier molecular flexibility index (Phi) is 5.88. The van der Waals surface area contributed by atoms with Crippen molar-refractivity contribution in [1.82, 2.24) is 9.80 Å². The van der Waals surface area contributed by atoms with E-state index in [9.17, 15) is 14.4 Å². The molecule has 6 nitrogen and oxygen atoms in total. The van der Waals surface area contributed by atoms with Gasteiger partial charge in [0, 0.05) is 7.05 Å². The molecule has 2 rings (SSSR count). The molecule has 0 radical (unpaired) electrons. The summed E-state index contributed by atoms with van der Waals surface area (Å²) in [6.07, 6.45) is 0. The van der Waals surface area contributed by atoms with Gasteiger partial charge in [-0.05, 0) is 19.4 Å². The number of hydrogen-bond acceptors (Lipinski definition) is 5. The number of imide groups is 1. The number of hydrogen-bond donors (Lipinski definition) is 0. The molecule has 0 aliphatic carbocycles. The first-order valence-corrected chi connectivity index (χ1v) is 8.76. The second-order valence-electron chi connectivity index (χ2n) is 5.73. The molecule has 0 spiro atoms. The molecule has 7 heteroatoms. The summed E-state index contributed by atoms with van der Waals surface area (Å²) in [5, 5.41) is -0.516. The van der Waals surface area contributed by atoms with Gasteiger partial charge in [0.15, 0.2) is 0 Å². The predicted molar refractivity (Wildman–Crippen MR) is 92.6 cm³/mol. The molecular formula is C17H22N2O4S. The SMILES string of the molecule is COC(=O)CS[C@H](C)C(=O)N1C(=O)N(C)[C@@H](C)[C@H]1c1ccccc1. The van der Waals surface area contributed by atoms with Gasteiger partial charge in [-0.15, -0.1) is 11.8 Å². The molecule has 1 heterocycles. The fourth-order valence-electron chi connectivity index (χ4n) is 2.72. The Morgan fingerprint density at radius 2 is 1.92 bits per heavy atom. The first kappa shape index (κ1) is 18.3. The Morgan fingerprint density at radius 3 is 2.50 bits per heavy atom. The van der Waals surface area contributed by atoms with Crippen molar-refractivity contribution >= 4 is 29.7 Å². The minimum absolute atomic E-state index is 0.0762. The lowest BCUT2D eigenvalue weighted by Gasteiger charge is -2.26. The van der Waals surface area contributed by atoms with E-state index in [-0.39, 0.29) is 29.8 Å². The van der Waals surface area contributed by atoms with E-state index in [1.54, 1.807) is 18.9 Å². The number of ether oxygens (including phenoxy) is 1. The molecule has 0 bridgehead atoms. The van der Waals surface area contributed by atoms with Gasteiger partial charge in [0.2, 0.25) is 5.91 Å². The third-order valence-electron chi connectivity index (χ3n) is 4.26. The highest BCUT2D eigenvalue weighted by molar-refractivity contribution is 8.01. The van der Waals surface area contributed by atoms with Crippen LogP contribution in [0.1, 0.15) is 25.5 Å². The van der Waals surface area contributed by atoms with E-state index in [0.717, 1.165) is 5.56 Å². The van der Waals surface area contributed by atoms with Gasteiger partial charge in [0.1, 0.15) is 0 Å². The number of carbonyl (C=O) groups is 3. The highest BCUT2D eigenvalue weighted by Crippen LogP contribution is 2.35. The summed E-state index contributed by atoms with van der Waals surface area (Å²) < 4.78 is 4.59. The number of amides is 3. The number of methoxy groups -OCH3 is 1. The molecule has 1 aliphatic heterocycles. The zero-order valence-electron chi connectivity index (χ0n) is 14.3. The van der Waals surface area contributed by atoms with Gasteiger partial charge in [-0.25, -0.2) is 4.79 Å². The van der Waals surface area contributed by atoms with Crippen LogP contribution in [0.25, 0.3) is 0 Å². The van der Waals surface area contributed by atoms with Gasteiger partial charge in [-0.2, -0.15) is 0 Å². The number of benzene rings is 1. The van der Waals surface area contributed by atoms with Gasteiger partial charge in [0.05, 0.1) is 30.2 Å². The zero-order chi connectivity index (χ0) is 17.9.